The largest absolute Gasteiger partial charge is 0.468 e. The number of rotatable bonds is 8. The smallest absolute Gasteiger partial charge is 0.422 e. The van der Waals surface area contributed by atoms with Crippen LogP contribution in [0.5, 0.6) is 5.88 Å². The lowest BCUT2D eigenvalue weighted by molar-refractivity contribution is -0.154. The number of hydrogen-bond donors (Lipinski definition) is 2. The summed E-state index contributed by atoms with van der Waals surface area (Å²) in [7, 11) is -7.79. The van der Waals surface area contributed by atoms with Crippen molar-refractivity contribution < 1.29 is 39.9 Å². The maximum Gasteiger partial charge on any atom is 0.422 e. The zero-order valence-corrected chi connectivity index (χ0v) is 15.7. The molecule has 0 aliphatic heterocycles. The number of nitrogens with zero attached hydrogens (tertiary/aromatic N) is 1. The highest BCUT2D eigenvalue weighted by atomic mass is 32.2. The number of nitrogens with one attached hydrogen (secondary N) is 1. The van der Waals surface area contributed by atoms with E-state index in [-0.39, 0.29) is 15.5 Å². The molecule has 28 heavy (non-hydrogen) atoms. The molecule has 1 heterocycles. The van der Waals surface area contributed by atoms with E-state index in [0.717, 1.165) is 18.3 Å². The van der Waals surface area contributed by atoms with Crippen LogP contribution in [0, 0.1) is 0 Å². The lowest BCUT2D eigenvalue weighted by atomic mass is 10.3. The number of aliphatic hydroxyl groups is 1. The van der Waals surface area contributed by atoms with Crippen LogP contribution in [0.1, 0.15) is 0 Å². The standard InChI is InChI=1S/C15H15F3N2O6S2/c16-15(17,18)10-26-14-6-5-13(9-19-14)28(24,25)20-11-1-3-12(4-2-11)27(22,23)8-7-21/h1-6,9,20-21H,7-8,10H2. The van der Waals surface area contributed by atoms with E-state index in [2.05, 4.69) is 14.4 Å². The van der Waals surface area contributed by atoms with Crippen molar-refractivity contribution in [2.24, 2.45) is 0 Å². The molecule has 0 fully saturated rings. The van der Waals surface area contributed by atoms with Crippen LogP contribution in [0.25, 0.3) is 0 Å². The Bertz CT molecular complexity index is 1010. The van der Waals surface area contributed by atoms with Crippen molar-refractivity contribution in [3.8, 4) is 5.88 Å². The Labute approximate surface area is 159 Å². The van der Waals surface area contributed by atoms with Crippen molar-refractivity contribution in [3.05, 3.63) is 42.6 Å². The van der Waals surface area contributed by atoms with Crippen LogP contribution < -0.4 is 9.46 Å². The molecule has 0 aliphatic rings. The summed E-state index contributed by atoms with van der Waals surface area (Å²) in [5.74, 6) is -0.860. The molecule has 13 heteroatoms. The molecule has 0 bridgehead atoms. The predicted octanol–water partition coefficient (Wildman–Crippen LogP) is 1.59. The van der Waals surface area contributed by atoms with Crippen molar-refractivity contribution >= 4 is 25.5 Å². The van der Waals surface area contributed by atoms with Gasteiger partial charge in [-0.2, -0.15) is 13.2 Å². The molecular formula is C15H15F3N2O6S2. The first-order valence-electron chi connectivity index (χ1n) is 7.55. The Morgan fingerprint density at radius 3 is 2.11 bits per heavy atom. The van der Waals surface area contributed by atoms with Crippen molar-refractivity contribution in [3.63, 3.8) is 0 Å². The van der Waals surface area contributed by atoms with Gasteiger partial charge in [0.25, 0.3) is 10.0 Å². The molecule has 0 aliphatic carbocycles. The van der Waals surface area contributed by atoms with Gasteiger partial charge in [-0.3, -0.25) is 4.72 Å². The molecule has 0 saturated heterocycles. The Hall–Kier alpha value is -2.38. The first-order chi connectivity index (χ1) is 12.9. The van der Waals surface area contributed by atoms with Crippen molar-refractivity contribution in [1.82, 2.24) is 4.98 Å². The Balaban J connectivity index is 2.11. The summed E-state index contributed by atoms with van der Waals surface area (Å²) in [5, 5.41) is 8.75. The van der Waals surface area contributed by atoms with Crippen LogP contribution in [0.3, 0.4) is 0 Å². The third-order valence-electron chi connectivity index (χ3n) is 3.23. The van der Waals surface area contributed by atoms with E-state index in [9.17, 15) is 30.0 Å². The fourth-order valence-corrected chi connectivity index (χ4v) is 3.98. The Morgan fingerprint density at radius 1 is 1.00 bits per heavy atom. The van der Waals surface area contributed by atoms with Crippen molar-refractivity contribution in [2.45, 2.75) is 16.0 Å². The maximum atomic E-state index is 12.3. The number of sulfone groups is 1. The zero-order valence-electron chi connectivity index (χ0n) is 14.0. The quantitative estimate of drug-likeness (QED) is 0.639. The summed E-state index contributed by atoms with van der Waals surface area (Å²) in [6.07, 6.45) is -3.72. The van der Waals surface area contributed by atoms with E-state index in [1.54, 1.807) is 0 Å². The molecule has 0 radical (unpaired) electrons. The minimum absolute atomic E-state index is 0.0559. The molecule has 0 atom stereocenters. The van der Waals surface area contributed by atoms with Crippen LogP contribution in [-0.4, -0.2) is 52.1 Å². The third kappa shape index (κ3) is 6.07. The van der Waals surface area contributed by atoms with Crippen molar-refractivity contribution in [1.29, 1.82) is 0 Å². The van der Waals surface area contributed by atoms with Gasteiger partial charge >= 0.3 is 6.18 Å². The number of aliphatic hydroxyl groups excluding tert-OH is 1. The molecule has 0 saturated carbocycles. The van der Waals surface area contributed by atoms with E-state index < -0.39 is 50.9 Å². The Kier molecular flexibility index (Phi) is 6.52. The molecule has 0 spiro atoms. The molecule has 2 N–H and O–H groups in total. The predicted molar refractivity (Wildman–Crippen MR) is 92.2 cm³/mol. The minimum Gasteiger partial charge on any atom is -0.468 e. The summed E-state index contributed by atoms with van der Waals surface area (Å²) in [6, 6.07) is 6.78. The highest BCUT2D eigenvalue weighted by Crippen LogP contribution is 2.21. The average Bonchev–Trinajstić information content (AvgIpc) is 2.60. The Morgan fingerprint density at radius 2 is 1.61 bits per heavy atom. The first-order valence-corrected chi connectivity index (χ1v) is 10.7. The lowest BCUT2D eigenvalue weighted by Gasteiger charge is -2.10. The van der Waals surface area contributed by atoms with E-state index in [4.69, 9.17) is 5.11 Å². The van der Waals surface area contributed by atoms with Crippen LogP contribution in [0.15, 0.2) is 52.4 Å². The van der Waals surface area contributed by atoms with Gasteiger partial charge in [0.1, 0.15) is 4.90 Å². The van der Waals surface area contributed by atoms with E-state index in [0.29, 0.717) is 0 Å². The molecule has 2 rings (SSSR count). The van der Waals surface area contributed by atoms with E-state index in [1.165, 1.54) is 24.3 Å². The topological polar surface area (TPSA) is 123 Å². The molecule has 1 aromatic carbocycles. The minimum atomic E-state index is -4.55. The fourth-order valence-electron chi connectivity index (χ4n) is 1.95. The molecular weight excluding hydrogens is 425 g/mol. The molecule has 8 nitrogen and oxygen atoms in total. The van der Waals surface area contributed by atoms with Crippen LogP contribution in [0.2, 0.25) is 0 Å². The monoisotopic (exact) mass is 440 g/mol. The van der Waals surface area contributed by atoms with Gasteiger partial charge in [-0.05, 0) is 30.3 Å². The number of ether oxygens (including phenoxy) is 1. The second-order valence-corrected chi connectivity index (χ2v) is 9.20. The van der Waals surface area contributed by atoms with Crippen LogP contribution in [0.4, 0.5) is 18.9 Å². The zero-order chi connectivity index (χ0) is 21.0. The number of sulfonamides is 1. The molecule has 0 amide bonds. The molecule has 1 aromatic heterocycles. The second-order valence-electron chi connectivity index (χ2n) is 5.41. The number of hydrogen-bond acceptors (Lipinski definition) is 7. The van der Waals surface area contributed by atoms with Crippen LogP contribution >= 0.6 is 0 Å². The summed E-state index contributed by atoms with van der Waals surface area (Å²) in [4.78, 5) is 3.10. The number of anilines is 1. The fraction of sp³-hybridized carbons (Fsp3) is 0.267. The highest BCUT2D eigenvalue weighted by Gasteiger charge is 2.28. The summed E-state index contributed by atoms with van der Waals surface area (Å²) < 4.78 is 91.0. The average molecular weight is 440 g/mol. The number of aromatic nitrogens is 1. The number of benzene rings is 1. The number of pyridine rings is 1. The van der Waals surface area contributed by atoms with Gasteiger partial charge in [0.2, 0.25) is 5.88 Å². The van der Waals surface area contributed by atoms with Gasteiger partial charge < -0.3 is 9.84 Å². The molecule has 154 valence electrons. The van der Waals surface area contributed by atoms with Gasteiger partial charge in [-0.1, -0.05) is 0 Å². The van der Waals surface area contributed by atoms with Crippen molar-refractivity contribution in [2.75, 3.05) is 23.7 Å². The molecule has 2 aromatic rings. The van der Waals surface area contributed by atoms with Crippen LogP contribution in [-0.2, 0) is 19.9 Å². The second kappa shape index (κ2) is 8.32. The summed E-state index contributed by atoms with van der Waals surface area (Å²) in [5.41, 5.74) is 0.0559. The summed E-state index contributed by atoms with van der Waals surface area (Å²) in [6.45, 7) is -2.11. The van der Waals surface area contributed by atoms with E-state index in [1.807, 2.05) is 0 Å². The van der Waals surface area contributed by atoms with E-state index >= 15 is 0 Å². The lowest BCUT2D eigenvalue weighted by Crippen LogP contribution is -2.19. The first kappa shape index (κ1) is 21.9. The highest BCUT2D eigenvalue weighted by molar-refractivity contribution is 7.92. The number of alkyl halides is 3. The van der Waals surface area contributed by atoms with Gasteiger partial charge in [0, 0.05) is 11.8 Å². The SMILES string of the molecule is O=S(=O)(CCO)c1ccc(NS(=O)(=O)c2ccc(OCC(F)(F)F)nc2)cc1. The van der Waals surface area contributed by atoms with Gasteiger partial charge in [0.15, 0.2) is 16.4 Å². The van der Waals surface area contributed by atoms with Gasteiger partial charge in [-0.25, -0.2) is 21.8 Å². The summed E-state index contributed by atoms with van der Waals surface area (Å²) >= 11 is 0. The normalized spacial score (nSPS) is 12.6. The maximum absolute atomic E-state index is 12.3. The molecule has 0 unspecified atom stereocenters. The number of halogens is 3. The van der Waals surface area contributed by atoms with Gasteiger partial charge in [-0.15, -0.1) is 0 Å². The van der Waals surface area contributed by atoms with Gasteiger partial charge in [0.05, 0.1) is 23.5 Å². The third-order valence-corrected chi connectivity index (χ3v) is 6.31.